The maximum absolute atomic E-state index is 13.2. The van der Waals surface area contributed by atoms with Crippen molar-refractivity contribution in [3.63, 3.8) is 0 Å². The maximum atomic E-state index is 13.2. The van der Waals surface area contributed by atoms with E-state index in [9.17, 15) is 14.4 Å². The number of nitrogens with zero attached hydrogens (tertiary/aromatic N) is 2. The summed E-state index contributed by atoms with van der Waals surface area (Å²) in [6, 6.07) is 15.9. The van der Waals surface area contributed by atoms with Gasteiger partial charge in [0.05, 0.1) is 5.69 Å². The van der Waals surface area contributed by atoms with E-state index in [1.165, 1.54) is 11.9 Å². The van der Waals surface area contributed by atoms with Crippen LogP contribution in [-0.2, 0) is 16.1 Å². The Morgan fingerprint density at radius 1 is 1.09 bits per heavy atom. The van der Waals surface area contributed by atoms with Crippen molar-refractivity contribution in [3.05, 3.63) is 75.8 Å². The molecule has 0 saturated carbocycles. The molecular weight excluding hydrogens is 473 g/mol. The second-order valence-electron chi connectivity index (χ2n) is 8.29. The Morgan fingerprint density at radius 3 is 2.53 bits per heavy atom. The normalized spacial score (nSPS) is 13.3. The highest BCUT2D eigenvalue weighted by Gasteiger charge is 2.30. The molecule has 0 aliphatic carbocycles. The number of nitrogens with one attached hydrogen (secondary N) is 1. The zero-order valence-electron chi connectivity index (χ0n) is 19.0. The molecule has 4 rings (SSSR count). The molecule has 1 heterocycles. The molecule has 1 atom stereocenters. The van der Waals surface area contributed by atoms with Gasteiger partial charge in [-0.25, -0.2) is 0 Å². The second kappa shape index (κ2) is 10.0. The highest BCUT2D eigenvalue weighted by Crippen LogP contribution is 2.37. The molecule has 6 nitrogen and oxygen atoms in total. The summed E-state index contributed by atoms with van der Waals surface area (Å²) in [5.74, 6) is -0.512. The molecule has 1 N–H and O–H groups in total. The third-order valence-electron chi connectivity index (χ3n) is 6.19. The number of carbonyl (C=O) groups excluding carboxylic acids is 3. The maximum Gasteiger partial charge on any atom is 0.258 e. The SMILES string of the molecule is CNC(=O)[C@H](C)N(Cc1ccc(Cl)cc1Cl)C(=O)CCCN1C(=O)c2cccc3cccc1c23. The first-order valence-corrected chi connectivity index (χ1v) is 11.9. The van der Waals surface area contributed by atoms with E-state index in [-0.39, 0.29) is 30.7 Å². The van der Waals surface area contributed by atoms with Crippen molar-refractivity contribution >= 4 is 57.4 Å². The Hall–Kier alpha value is -3.09. The quantitative estimate of drug-likeness (QED) is 0.473. The fourth-order valence-corrected chi connectivity index (χ4v) is 4.83. The van der Waals surface area contributed by atoms with E-state index in [2.05, 4.69) is 5.32 Å². The van der Waals surface area contributed by atoms with Crippen LogP contribution in [0, 0.1) is 0 Å². The first-order chi connectivity index (χ1) is 16.3. The summed E-state index contributed by atoms with van der Waals surface area (Å²) in [6.45, 7) is 2.26. The highest BCUT2D eigenvalue weighted by molar-refractivity contribution is 6.35. The summed E-state index contributed by atoms with van der Waals surface area (Å²) in [5.41, 5.74) is 2.26. The summed E-state index contributed by atoms with van der Waals surface area (Å²) in [7, 11) is 1.54. The Morgan fingerprint density at radius 2 is 1.82 bits per heavy atom. The fraction of sp³-hybridized carbons (Fsp3) is 0.269. The summed E-state index contributed by atoms with van der Waals surface area (Å²) in [5, 5.41) is 5.50. The largest absolute Gasteiger partial charge is 0.357 e. The van der Waals surface area contributed by atoms with Gasteiger partial charge in [0.1, 0.15) is 6.04 Å². The minimum Gasteiger partial charge on any atom is -0.357 e. The Balaban J connectivity index is 1.47. The average Bonchev–Trinajstić information content (AvgIpc) is 3.10. The lowest BCUT2D eigenvalue weighted by Gasteiger charge is -2.29. The number of carbonyl (C=O) groups is 3. The van der Waals surface area contributed by atoms with E-state index < -0.39 is 6.04 Å². The topological polar surface area (TPSA) is 69.7 Å². The van der Waals surface area contributed by atoms with E-state index in [1.807, 2.05) is 36.4 Å². The standard InChI is InChI=1S/C26H25Cl2N3O3/c1-16(25(33)29-2)31(15-18-11-12-19(27)14-21(18)28)23(32)10-5-13-30-22-9-4-7-17-6-3-8-20(24(17)22)26(30)34/h3-4,6-9,11-12,14,16H,5,10,13,15H2,1-2H3,(H,29,33)/t16-/m0/s1. The van der Waals surface area contributed by atoms with Gasteiger partial charge in [0.15, 0.2) is 0 Å². The molecule has 0 radical (unpaired) electrons. The number of rotatable bonds is 8. The van der Waals surface area contributed by atoms with Crippen LogP contribution in [0.5, 0.6) is 0 Å². The van der Waals surface area contributed by atoms with Crippen LogP contribution in [0.25, 0.3) is 10.8 Å². The number of anilines is 1. The second-order valence-corrected chi connectivity index (χ2v) is 9.13. The van der Waals surface area contributed by atoms with E-state index in [4.69, 9.17) is 23.2 Å². The number of halogens is 2. The molecule has 176 valence electrons. The van der Waals surface area contributed by atoms with Gasteiger partial charge in [0.25, 0.3) is 5.91 Å². The van der Waals surface area contributed by atoms with Crippen LogP contribution in [0.1, 0.15) is 35.7 Å². The van der Waals surface area contributed by atoms with Crippen LogP contribution >= 0.6 is 23.2 Å². The molecule has 0 spiro atoms. The Bertz CT molecular complexity index is 1270. The van der Waals surface area contributed by atoms with Crippen LogP contribution < -0.4 is 10.2 Å². The molecule has 3 aromatic rings. The molecule has 1 aliphatic heterocycles. The number of likely N-dealkylation sites (N-methyl/N-ethyl adjacent to an activating group) is 1. The van der Waals surface area contributed by atoms with E-state index in [0.717, 1.165) is 16.5 Å². The smallest absolute Gasteiger partial charge is 0.258 e. The molecule has 0 fully saturated rings. The zero-order valence-corrected chi connectivity index (χ0v) is 20.5. The van der Waals surface area contributed by atoms with Crippen molar-refractivity contribution in [1.29, 1.82) is 0 Å². The first-order valence-electron chi connectivity index (χ1n) is 11.1. The average molecular weight is 498 g/mol. The third kappa shape index (κ3) is 4.61. The highest BCUT2D eigenvalue weighted by atomic mass is 35.5. The molecule has 1 aliphatic rings. The lowest BCUT2D eigenvalue weighted by Crippen LogP contribution is -2.46. The van der Waals surface area contributed by atoms with Crippen molar-refractivity contribution in [2.75, 3.05) is 18.5 Å². The van der Waals surface area contributed by atoms with Gasteiger partial charge in [-0.2, -0.15) is 0 Å². The number of benzene rings is 3. The fourth-order valence-electron chi connectivity index (χ4n) is 4.36. The van der Waals surface area contributed by atoms with Crippen molar-refractivity contribution < 1.29 is 14.4 Å². The van der Waals surface area contributed by atoms with Crippen LogP contribution in [0.15, 0.2) is 54.6 Å². The Kier molecular flexibility index (Phi) is 7.10. The van der Waals surface area contributed by atoms with Gasteiger partial charge in [-0.05, 0) is 48.6 Å². The van der Waals surface area contributed by atoms with Gasteiger partial charge in [0, 0.05) is 47.6 Å². The lowest BCUT2D eigenvalue weighted by atomic mass is 10.1. The van der Waals surface area contributed by atoms with Gasteiger partial charge >= 0.3 is 0 Å². The number of hydrogen-bond donors (Lipinski definition) is 1. The van der Waals surface area contributed by atoms with Crippen molar-refractivity contribution in [1.82, 2.24) is 10.2 Å². The van der Waals surface area contributed by atoms with Crippen molar-refractivity contribution in [2.24, 2.45) is 0 Å². The van der Waals surface area contributed by atoms with Gasteiger partial charge in [0.2, 0.25) is 11.8 Å². The van der Waals surface area contributed by atoms with Crippen molar-refractivity contribution in [2.45, 2.75) is 32.4 Å². The monoisotopic (exact) mass is 497 g/mol. The first kappa shape index (κ1) is 24.0. The van der Waals surface area contributed by atoms with E-state index >= 15 is 0 Å². The lowest BCUT2D eigenvalue weighted by molar-refractivity contribution is -0.140. The molecule has 0 aromatic heterocycles. The van der Waals surface area contributed by atoms with Gasteiger partial charge in [-0.3, -0.25) is 14.4 Å². The predicted molar refractivity (Wildman–Crippen MR) is 135 cm³/mol. The van der Waals surface area contributed by atoms with Gasteiger partial charge in [-0.1, -0.05) is 53.5 Å². The zero-order chi connectivity index (χ0) is 24.4. The number of amides is 3. The molecule has 34 heavy (non-hydrogen) atoms. The van der Waals surface area contributed by atoms with Crippen LogP contribution in [0.2, 0.25) is 10.0 Å². The summed E-state index contributed by atoms with van der Waals surface area (Å²) >= 11 is 12.3. The minimum atomic E-state index is -0.685. The molecule has 0 unspecified atom stereocenters. The summed E-state index contributed by atoms with van der Waals surface area (Å²) in [6.07, 6.45) is 0.642. The molecule has 0 bridgehead atoms. The van der Waals surface area contributed by atoms with Crippen LogP contribution in [0.4, 0.5) is 5.69 Å². The Labute approximate surface area is 208 Å². The predicted octanol–water partition coefficient (Wildman–Crippen LogP) is 5.05. The summed E-state index contributed by atoms with van der Waals surface area (Å²) in [4.78, 5) is 41.8. The third-order valence-corrected chi connectivity index (χ3v) is 6.78. The minimum absolute atomic E-state index is 0.0530. The molecule has 3 amide bonds. The molecule has 8 heteroatoms. The van der Waals surface area contributed by atoms with E-state index in [1.54, 1.807) is 30.0 Å². The number of hydrogen-bond acceptors (Lipinski definition) is 3. The molecule has 0 saturated heterocycles. The van der Waals surface area contributed by atoms with Crippen molar-refractivity contribution in [3.8, 4) is 0 Å². The van der Waals surface area contributed by atoms with Gasteiger partial charge < -0.3 is 15.1 Å². The van der Waals surface area contributed by atoms with Crippen LogP contribution in [-0.4, -0.2) is 42.3 Å². The summed E-state index contributed by atoms with van der Waals surface area (Å²) < 4.78 is 0. The van der Waals surface area contributed by atoms with E-state index in [0.29, 0.717) is 34.1 Å². The molecular formula is C26H25Cl2N3O3. The molecule has 3 aromatic carbocycles. The van der Waals surface area contributed by atoms with Gasteiger partial charge in [-0.15, -0.1) is 0 Å². The van der Waals surface area contributed by atoms with Crippen LogP contribution in [0.3, 0.4) is 0 Å².